The number of nitriles is 1. The van der Waals surface area contributed by atoms with Crippen molar-refractivity contribution in [3.8, 4) is 17.6 Å². The number of benzene rings is 2. The quantitative estimate of drug-likeness (QED) is 0.436. The Bertz CT molecular complexity index is 1020. The van der Waals surface area contributed by atoms with Gasteiger partial charge in [-0.3, -0.25) is 4.79 Å². The van der Waals surface area contributed by atoms with Crippen LogP contribution in [0, 0.1) is 22.7 Å². The van der Waals surface area contributed by atoms with E-state index in [0.29, 0.717) is 64.6 Å². The average molecular weight is 458 g/mol. The first kappa shape index (κ1) is 22.0. The van der Waals surface area contributed by atoms with Crippen LogP contribution in [0.3, 0.4) is 0 Å². The molecule has 1 fully saturated rings. The second kappa shape index (κ2) is 9.10. The van der Waals surface area contributed by atoms with Crippen LogP contribution < -0.4 is 9.47 Å². The van der Waals surface area contributed by atoms with Gasteiger partial charge in [0.15, 0.2) is 5.78 Å². The number of fused-ring (bicyclic) bond motifs is 1. The fourth-order valence-corrected chi connectivity index (χ4v) is 5.36. The van der Waals surface area contributed by atoms with Crippen LogP contribution >= 0.6 is 23.2 Å². The molecule has 0 amide bonds. The van der Waals surface area contributed by atoms with Crippen molar-refractivity contribution in [2.45, 2.75) is 45.4 Å². The molecule has 4 rings (SSSR count). The van der Waals surface area contributed by atoms with Crippen molar-refractivity contribution in [1.82, 2.24) is 0 Å². The lowest BCUT2D eigenvalue weighted by Gasteiger charge is -2.29. The molecule has 31 heavy (non-hydrogen) atoms. The van der Waals surface area contributed by atoms with Crippen LogP contribution in [0.1, 0.15) is 60.5 Å². The number of hydrogen-bond donors (Lipinski definition) is 0. The summed E-state index contributed by atoms with van der Waals surface area (Å²) in [6.45, 7) is 2.97. The molecule has 2 aliphatic rings. The Balaban J connectivity index is 1.38. The number of Topliss-reactive ketones (excluding diaryl/α,β-unsaturated/α-hetero) is 1. The maximum Gasteiger partial charge on any atom is 0.171 e. The summed E-state index contributed by atoms with van der Waals surface area (Å²) in [6, 6.07) is 11.0. The van der Waals surface area contributed by atoms with Crippen LogP contribution in [0.4, 0.5) is 0 Å². The maximum absolute atomic E-state index is 13.2. The second-order valence-electron chi connectivity index (χ2n) is 8.63. The largest absolute Gasteiger partial charge is 0.493 e. The van der Waals surface area contributed by atoms with Gasteiger partial charge in [-0.15, -0.1) is 0 Å². The topological polar surface area (TPSA) is 59.3 Å². The molecule has 0 spiro atoms. The van der Waals surface area contributed by atoms with E-state index in [1.807, 2.05) is 6.07 Å². The highest BCUT2D eigenvalue weighted by Crippen LogP contribution is 2.52. The highest BCUT2D eigenvalue weighted by molar-refractivity contribution is 6.45. The molecule has 4 nitrogen and oxygen atoms in total. The molecule has 0 bridgehead atoms. The zero-order valence-electron chi connectivity index (χ0n) is 17.5. The van der Waals surface area contributed by atoms with Crippen molar-refractivity contribution in [2.24, 2.45) is 11.3 Å². The zero-order chi connectivity index (χ0) is 22.0. The summed E-state index contributed by atoms with van der Waals surface area (Å²) in [6.07, 6.45) is 5.94. The number of nitrogens with zero attached hydrogens (tertiary/aromatic N) is 1. The highest BCUT2D eigenvalue weighted by atomic mass is 35.5. The standard InChI is InChI=1S/C25H25Cl2NO3/c1-25(18-5-2-3-6-18)14-17-13-20(22(26)23(27)21(17)24(25)29)31-12-4-11-30-19-9-7-16(15-28)8-10-19/h7-10,13,18H,2-6,11-12,14H2,1H3. The molecule has 6 heteroatoms. The highest BCUT2D eigenvalue weighted by Gasteiger charge is 2.49. The van der Waals surface area contributed by atoms with Crippen molar-refractivity contribution in [2.75, 3.05) is 13.2 Å². The van der Waals surface area contributed by atoms with Gasteiger partial charge >= 0.3 is 0 Å². The van der Waals surface area contributed by atoms with Gasteiger partial charge in [-0.05, 0) is 61.1 Å². The van der Waals surface area contributed by atoms with Gasteiger partial charge in [-0.25, -0.2) is 0 Å². The number of carbonyl (C=O) groups excluding carboxylic acids is 1. The number of hydrogen-bond acceptors (Lipinski definition) is 4. The fourth-order valence-electron chi connectivity index (χ4n) is 4.85. The van der Waals surface area contributed by atoms with Gasteiger partial charge in [0.05, 0.1) is 29.9 Å². The second-order valence-corrected chi connectivity index (χ2v) is 9.38. The summed E-state index contributed by atoms with van der Waals surface area (Å²) in [7, 11) is 0. The molecule has 0 N–H and O–H groups in total. The lowest BCUT2D eigenvalue weighted by molar-refractivity contribution is 0.0744. The first-order valence-corrected chi connectivity index (χ1v) is 11.5. The average Bonchev–Trinajstić information content (AvgIpc) is 3.40. The van der Waals surface area contributed by atoms with Crippen LogP contribution in [-0.4, -0.2) is 19.0 Å². The number of ether oxygens (including phenoxy) is 2. The molecule has 1 unspecified atom stereocenters. The molecule has 2 aliphatic carbocycles. The molecule has 2 aromatic rings. The van der Waals surface area contributed by atoms with E-state index in [1.54, 1.807) is 24.3 Å². The SMILES string of the molecule is CC1(C2CCCC2)Cc2cc(OCCCOc3ccc(C#N)cc3)c(Cl)c(Cl)c2C1=O. The van der Waals surface area contributed by atoms with E-state index in [0.717, 1.165) is 18.4 Å². The van der Waals surface area contributed by atoms with E-state index in [-0.39, 0.29) is 11.2 Å². The maximum atomic E-state index is 13.2. The van der Waals surface area contributed by atoms with Crippen molar-refractivity contribution in [1.29, 1.82) is 5.26 Å². The smallest absolute Gasteiger partial charge is 0.171 e. The molecule has 1 atom stereocenters. The van der Waals surface area contributed by atoms with Gasteiger partial charge < -0.3 is 9.47 Å². The summed E-state index contributed by atoms with van der Waals surface area (Å²) in [5, 5.41) is 9.45. The Hall–Kier alpha value is -2.22. The van der Waals surface area contributed by atoms with Crippen molar-refractivity contribution in [3.05, 3.63) is 57.1 Å². The first-order chi connectivity index (χ1) is 14.9. The van der Waals surface area contributed by atoms with E-state index < -0.39 is 0 Å². The molecule has 0 saturated heterocycles. The van der Waals surface area contributed by atoms with Crippen molar-refractivity contribution < 1.29 is 14.3 Å². The molecule has 2 aromatic carbocycles. The Morgan fingerprint density at radius 1 is 1.10 bits per heavy atom. The molecule has 0 aromatic heterocycles. The lowest BCUT2D eigenvalue weighted by atomic mass is 9.73. The summed E-state index contributed by atoms with van der Waals surface area (Å²) < 4.78 is 11.6. The molecular weight excluding hydrogens is 433 g/mol. The number of rotatable bonds is 7. The molecule has 162 valence electrons. The predicted octanol–water partition coefficient (Wildman–Crippen LogP) is 6.65. The Kier molecular flexibility index (Phi) is 6.46. The summed E-state index contributed by atoms with van der Waals surface area (Å²) in [5.74, 6) is 1.77. The summed E-state index contributed by atoms with van der Waals surface area (Å²) in [4.78, 5) is 13.2. The fraction of sp³-hybridized carbons (Fsp3) is 0.440. The van der Waals surface area contributed by atoms with E-state index in [1.165, 1.54) is 12.8 Å². The minimum Gasteiger partial charge on any atom is -0.493 e. The third-order valence-electron chi connectivity index (χ3n) is 6.61. The van der Waals surface area contributed by atoms with Crippen LogP contribution in [-0.2, 0) is 6.42 Å². The molecule has 0 heterocycles. The van der Waals surface area contributed by atoms with Gasteiger partial charge in [0, 0.05) is 17.4 Å². The van der Waals surface area contributed by atoms with Crippen molar-refractivity contribution >= 4 is 29.0 Å². The van der Waals surface area contributed by atoms with Gasteiger partial charge in [0.25, 0.3) is 0 Å². The Labute approximate surface area is 193 Å². The van der Waals surface area contributed by atoms with E-state index in [2.05, 4.69) is 13.0 Å². The number of halogens is 2. The molecule has 1 saturated carbocycles. The summed E-state index contributed by atoms with van der Waals surface area (Å²) >= 11 is 13.0. The Morgan fingerprint density at radius 3 is 2.45 bits per heavy atom. The van der Waals surface area contributed by atoms with E-state index in [4.69, 9.17) is 37.9 Å². The minimum absolute atomic E-state index is 0.128. The number of ketones is 1. The van der Waals surface area contributed by atoms with Crippen LogP contribution in [0.2, 0.25) is 10.0 Å². The van der Waals surface area contributed by atoms with Gasteiger partial charge in [0.1, 0.15) is 16.5 Å². The van der Waals surface area contributed by atoms with Gasteiger partial charge in [0.2, 0.25) is 0 Å². The van der Waals surface area contributed by atoms with Crippen LogP contribution in [0.25, 0.3) is 0 Å². The van der Waals surface area contributed by atoms with E-state index in [9.17, 15) is 4.79 Å². The summed E-state index contributed by atoms with van der Waals surface area (Å²) in [5.41, 5.74) is 1.73. The van der Waals surface area contributed by atoms with E-state index >= 15 is 0 Å². The van der Waals surface area contributed by atoms with Gasteiger partial charge in [-0.1, -0.05) is 43.0 Å². The van der Waals surface area contributed by atoms with Crippen LogP contribution in [0.5, 0.6) is 11.5 Å². The molecule has 0 aliphatic heterocycles. The van der Waals surface area contributed by atoms with Crippen molar-refractivity contribution in [3.63, 3.8) is 0 Å². The molecular formula is C25H25Cl2NO3. The zero-order valence-corrected chi connectivity index (χ0v) is 19.1. The number of carbonyl (C=O) groups is 1. The molecule has 0 radical (unpaired) electrons. The minimum atomic E-state index is -0.390. The normalized spacial score (nSPS) is 20.5. The lowest BCUT2D eigenvalue weighted by Crippen LogP contribution is -2.32. The Morgan fingerprint density at radius 2 is 1.77 bits per heavy atom. The van der Waals surface area contributed by atoms with Crippen LogP contribution in [0.15, 0.2) is 30.3 Å². The first-order valence-electron chi connectivity index (χ1n) is 10.8. The third kappa shape index (κ3) is 4.27. The monoisotopic (exact) mass is 457 g/mol. The predicted molar refractivity (Wildman–Crippen MR) is 121 cm³/mol. The third-order valence-corrected chi connectivity index (χ3v) is 7.46. The van der Waals surface area contributed by atoms with Gasteiger partial charge in [-0.2, -0.15) is 5.26 Å².